The van der Waals surface area contributed by atoms with Crippen molar-refractivity contribution in [3.63, 3.8) is 0 Å². The molecule has 1 heterocycles. The van der Waals surface area contributed by atoms with Crippen LogP contribution in [0, 0.1) is 0 Å². The van der Waals surface area contributed by atoms with E-state index >= 15 is 0 Å². The molecule has 0 saturated carbocycles. The van der Waals surface area contributed by atoms with Gasteiger partial charge in [0.05, 0.1) is 6.61 Å². The van der Waals surface area contributed by atoms with Gasteiger partial charge in [0.1, 0.15) is 11.5 Å². The van der Waals surface area contributed by atoms with Crippen LogP contribution in [0.2, 0.25) is 0 Å². The quantitative estimate of drug-likeness (QED) is 0.475. The van der Waals surface area contributed by atoms with Crippen LogP contribution in [-0.2, 0) is 19.1 Å². The number of carbonyl (C=O) groups excluding carboxylic acids is 3. The van der Waals surface area contributed by atoms with Gasteiger partial charge in [-0.3, -0.25) is 9.59 Å². The zero-order chi connectivity index (χ0) is 17.0. The maximum absolute atomic E-state index is 12.8. The van der Waals surface area contributed by atoms with Crippen LogP contribution < -0.4 is 0 Å². The Balaban J connectivity index is 2.53. The SMILES string of the molecule is CCCN1C(=O)C(c2ccccc2)C(=O)C(C(=O)OCC)=C1C. The number of benzene rings is 1. The van der Waals surface area contributed by atoms with Crippen molar-refractivity contribution in [1.29, 1.82) is 0 Å². The Labute approximate surface area is 135 Å². The molecule has 1 aromatic rings. The van der Waals surface area contributed by atoms with Crippen LogP contribution >= 0.6 is 0 Å². The summed E-state index contributed by atoms with van der Waals surface area (Å²) in [5.41, 5.74) is 0.958. The second-order valence-electron chi connectivity index (χ2n) is 5.38. The van der Waals surface area contributed by atoms with Gasteiger partial charge >= 0.3 is 5.97 Å². The molecule has 0 bridgehead atoms. The van der Waals surface area contributed by atoms with Gasteiger partial charge in [-0.25, -0.2) is 4.79 Å². The fraction of sp³-hybridized carbons (Fsp3) is 0.389. The predicted octanol–water partition coefficient (Wildman–Crippen LogP) is 2.43. The molecule has 0 spiro atoms. The summed E-state index contributed by atoms with van der Waals surface area (Å²) in [6.07, 6.45) is 0.731. The molecule has 2 rings (SSSR count). The van der Waals surface area contributed by atoms with E-state index in [2.05, 4.69) is 0 Å². The van der Waals surface area contributed by atoms with Crippen molar-refractivity contribution < 1.29 is 19.1 Å². The molecule has 1 atom stereocenters. The monoisotopic (exact) mass is 315 g/mol. The summed E-state index contributed by atoms with van der Waals surface area (Å²) in [6.45, 7) is 5.90. The van der Waals surface area contributed by atoms with Gasteiger partial charge in [-0.2, -0.15) is 0 Å². The van der Waals surface area contributed by atoms with Crippen LogP contribution in [0.1, 0.15) is 38.7 Å². The van der Waals surface area contributed by atoms with Crippen LogP contribution in [-0.4, -0.2) is 35.7 Å². The lowest BCUT2D eigenvalue weighted by Crippen LogP contribution is -2.45. The number of hydrogen-bond donors (Lipinski definition) is 0. The van der Waals surface area contributed by atoms with Crippen LogP contribution in [0.5, 0.6) is 0 Å². The van der Waals surface area contributed by atoms with E-state index in [0.717, 1.165) is 6.42 Å². The molecular weight excluding hydrogens is 294 g/mol. The highest BCUT2D eigenvalue weighted by Gasteiger charge is 2.43. The van der Waals surface area contributed by atoms with E-state index < -0.39 is 17.7 Å². The van der Waals surface area contributed by atoms with Crippen molar-refractivity contribution in [3.8, 4) is 0 Å². The third-order valence-electron chi connectivity index (χ3n) is 3.85. The molecule has 122 valence electrons. The molecular formula is C18H21NO4. The molecule has 5 heteroatoms. The highest BCUT2D eigenvalue weighted by molar-refractivity contribution is 6.28. The van der Waals surface area contributed by atoms with Crippen LogP contribution in [0.4, 0.5) is 0 Å². The maximum Gasteiger partial charge on any atom is 0.343 e. The van der Waals surface area contributed by atoms with E-state index in [9.17, 15) is 14.4 Å². The number of ketones is 1. The number of nitrogens with zero attached hydrogens (tertiary/aromatic N) is 1. The van der Waals surface area contributed by atoms with Gasteiger partial charge in [-0.05, 0) is 25.8 Å². The third-order valence-corrected chi connectivity index (χ3v) is 3.85. The molecule has 1 amide bonds. The molecule has 0 aliphatic carbocycles. The first-order valence-electron chi connectivity index (χ1n) is 7.81. The third kappa shape index (κ3) is 3.18. The van der Waals surface area contributed by atoms with Gasteiger partial charge in [0.25, 0.3) is 0 Å². The van der Waals surface area contributed by atoms with Crippen molar-refractivity contribution in [3.05, 3.63) is 47.2 Å². The van der Waals surface area contributed by atoms with E-state index in [1.165, 1.54) is 4.90 Å². The summed E-state index contributed by atoms with van der Waals surface area (Å²) in [4.78, 5) is 39.3. The molecule has 1 aliphatic rings. The van der Waals surface area contributed by atoms with Crippen molar-refractivity contribution >= 4 is 17.7 Å². The predicted molar refractivity (Wildman–Crippen MR) is 85.5 cm³/mol. The van der Waals surface area contributed by atoms with Crippen LogP contribution in [0.25, 0.3) is 0 Å². The number of carbonyl (C=O) groups is 3. The number of esters is 1. The average Bonchev–Trinajstić information content (AvgIpc) is 2.53. The largest absolute Gasteiger partial charge is 0.462 e. The normalized spacial score (nSPS) is 18.4. The van der Waals surface area contributed by atoms with Gasteiger partial charge in [0.2, 0.25) is 5.91 Å². The van der Waals surface area contributed by atoms with Gasteiger partial charge in [-0.1, -0.05) is 37.3 Å². The fourth-order valence-electron chi connectivity index (χ4n) is 2.78. The summed E-state index contributed by atoms with van der Waals surface area (Å²) < 4.78 is 5.01. The van der Waals surface area contributed by atoms with E-state index in [0.29, 0.717) is 17.8 Å². The van der Waals surface area contributed by atoms with E-state index in [1.807, 2.05) is 13.0 Å². The van der Waals surface area contributed by atoms with Crippen molar-refractivity contribution in [2.24, 2.45) is 0 Å². The topological polar surface area (TPSA) is 63.7 Å². The molecule has 1 unspecified atom stereocenters. The van der Waals surface area contributed by atoms with Crippen molar-refractivity contribution in [2.45, 2.75) is 33.1 Å². The van der Waals surface area contributed by atoms with E-state index in [4.69, 9.17) is 4.74 Å². The minimum Gasteiger partial charge on any atom is -0.462 e. The lowest BCUT2D eigenvalue weighted by molar-refractivity contribution is -0.143. The minimum atomic E-state index is -0.981. The molecule has 0 fully saturated rings. The Hall–Kier alpha value is -2.43. The number of hydrogen-bond acceptors (Lipinski definition) is 4. The molecule has 0 aromatic heterocycles. The maximum atomic E-state index is 12.8. The minimum absolute atomic E-state index is 0.0197. The molecule has 23 heavy (non-hydrogen) atoms. The Morgan fingerprint density at radius 3 is 2.39 bits per heavy atom. The van der Waals surface area contributed by atoms with Crippen molar-refractivity contribution in [2.75, 3.05) is 13.2 Å². The van der Waals surface area contributed by atoms with Gasteiger partial charge in [0.15, 0.2) is 5.78 Å². The molecule has 1 aliphatic heterocycles. The first-order valence-corrected chi connectivity index (χ1v) is 7.81. The zero-order valence-corrected chi connectivity index (χ0v) is 13.7. The number of amides is 1. The highest BCUT2D eigenvalue weighted by Crippen LogP contribution is 2.32. The summed E-state index contributed by atoms with van der Waals surface area (Å²) in [5, 5.41) is 0. The molecule has 0 N–H and O–H groups in total. The number of rotatable bonds is 5. The van der Waals surface area contributed by atoms with E-state index in [-0.39, 0.29) is 18.1 Å². The van der Waals surface area contributed by atoms with E-state index in [1.54, 1.807) is 38.1 Å². The lowest BCUT2D eigenvalue weighted by Gasteiger charge is -2.33. The number of ether oxygens (including phenoxy) is 1. The number of allylic oxidation sites excluding steroid dienone is 1. The molecule has 0 radical (unpaired) electrons. The zero-order valence-electron chi connectivity index (χ0n) is 13.7. The summed E-state index contributed by atoms with van der Waals surface area (Å²) in [6, 6.07) is 8.82. The first kappa shape index (κ1) is 16.9. The van der Waals surface area contributed by atoms with Crippen LogP contribution in [0.15, 0.2) is 41.6 Å². The average molecular weight is 315 g/mol. The Bertz CT molecular complexity index is 648. The molecule has 5 nitrogen and oxygen atoms in total. The second kappa shape index (κ2) is 7.22. The smallest absolute Gasteiger partial charge is 0.343 e. The van der Waals surface area contributed by atoms with Crippen LogP contribution in [0.3, 0.4) is 0 Å². The molecule has 1 aromatic carbocycles. The summed E-state index contributed by atoms with van der Waals surface area (Å²) in [5.74, 6) is -2.41. The summed E-state index contributed by atoms with van der Waals surface area (Å²) in [7, 11) is 0. The second-order valence-corrected chi connectivity index (χ2v) is 5.38. The first-order chi connectivity index (χ1) is 11.0. The van der Waals surface area contributed by atoms with Crippen molar-refractivity contribution in [1.82, 2.24) is 4.90 Å². The summed E-state index contributed by atoms with van der Waals surface area (Å²) >= 11 is 0. The highest BCUT2D eigenvalue weighted by atomic mass is 16.5. The van der Waals surface area contributed by atoms with Gasteiger partial charge in [-0.15, -0.1) is 0 Å². The Morgan fingerprint density at radius 2 is 1.83 bits per heavy atom. The Morgan fingerprint density at radius 1 is 1.17 bits per heavy atom. The molecule has 0 saturated heterocycles. The standard InChI is InChI=1S/C18H21NO4/c1-4-11-19-12(3)14(18(22)23-5-2)16(20)15(17(19)21)13-9-7-6-8-10-13/h6-10,15H,4-5,11H2,1-3H3. The fourth-order valence-corrected chi connectivity index (χ4v) is 2.78. The Kier molecular flexibility index (Phi) is 5.32. The van der Waals surface area contributed by atoms with Gasteiger partial charge < -0.3 is 9.64 Å². The lowest BCUT2D eigenvalue weighted by atomic mass is 9.85. The van der Waals surface area contributed by atoms with Gasteiger partial charge in [0, 0.05) is 12.2 Å². The number of Topliss-reactive ketones (excluding diaryl/α,β-unsaturated/α-hetero) is 1.